The number of hydrogen-bond acceptors (Lipinski definition) is 2. The van der Waals surface area contributed by atoms with Crippen LogP contribution in [-0.4, -0.2) is 14.1 Å². The van der Waals surface area contributed by atoms with Gasteiger partial charge in [-0.25, -0.2) is 0 Å². The maximum Gasteiger partial charge on any atom is 0.0656 e. The fourth-order valence-electron chi connectivity index (χ4n) is 6.78. The number of benzene rings is 7. The molecule has 2 heteroatoms. The highest BCUT2D eigenvalue weighted by Crippen LogP contribution is 2.50. The summed E-state index contributed by atoms with van der Waals surface area (Å²) in [6.45, 7) is 2.20. The molecule has 0 aromatic heterocycles. The fraction of sp³-hybridized carbons (Fsp3) is 0.0769. The first-order valence-electron chi connectivity index (χ1n) is 14.2. The molecule has 1 aliphatic rings. The number of aryl methyl sites for hydroxylation is 1. The number of para-hydroxylation sites is 2. The maximum absolute atomic E-state index is 2.38. The number of anilines is 4. The smallest absolute Gasteiger partial charge is 0.0656 e. The third-order valence-electron chi connectivity index (χ3n) is 8.81. The van der Waals surface area contributed by atoms with Crippen LogP contribution in [0.4, 0.5) is 22.7 Å². The Labute approximate surface area is 240 Å². The van der Waals surface area contributed by atoms with Crippen LogP contribution in [0.25, 0.3) is 54.6 Å². The van der Waals surface area contributed by atoms with Crippen molar-refractivity contribution >= 4 is 55.1 Å². The van der Waals surface area contributed by atoms with Gasteiger partial charge < -0.3 is 9.80 Å². The standard InChI is InChI=1S/C39H30N2/c1-25-16-20-32-33(22-25)39(29-19-21-36-37(24-29)41(3)35-15-9-8-14-34(35)40(36)2)31-13-7-6-12-30(31)38(32)28-18-17-26-10-4-5-11-27(26)23-28/h4-24H,1-3H3. The van der Waals surface area contributed by atoms with Crippen molar-refractivity contribution in [1.29, 1.82) is 0 Å². The molecule has 0 spiro atoms. The summed E-state index contributed by atoms with van der Waals surface area (Å²) < 4.78 is 0. The van der Waals surface area contributed by atoms with E-state index in [-0.39, 0.29) is 0 Å². The highest BCUT2D eigenvalue weighted by Gasteiger charge is 2.25. The lowest BCUT2D eigenvalue weighted by Gasteiger charge is -2.36. The summed E-state index contributed by atoms with van der Waals surface area (Å²) in [4.78, 5) is 4.63. The van der Waals surface area contributed by atoms with E-state index in [9.17, 15) is 0 Å². The van der Waals surface area contributed by atoms with E-state index in [4.69, 9.17) is 0 Å². The van der Waals surface area contributed by atoms with Gasteiger partial charge in [-0.2, -0.15) is 0 Å². The lowest BCUT2D eigenvalue weighted by molar-refractivity contribution is 1.10. The normalized spacial score (nSPS) is 12.7. The van der Waals surface area contributed by atoms with Crippen LogP contribution in [0.3, 0.4) is 0 Å². The molecule has 0 radical (unpaired) electrons. The molecule has 1 aliphatic heterocycles. The van der Waals surface area contributed by atoms with Gasteiger partial charge in [0.1, 0.15) is 0 Å². The summed E-state index contributed by atoms with van der Waals surface area (Å²) in [6, 6.07) is 46.9. The first-order chi connectivity index (χ1) is 20.1. The molecule has 0 unspecified atom stereocenters. The molecule has 2 nitrogen and oxygen atoms in total. The second-order valence-corrected chi connectivity index (χ2v) is 11.2. The van der Waals surface area contributed by atoms with E-state index in [1.807, 2.05) is 0 Å². The van der Waals surface area contributed by atoms with Crippen LogP contribution in [0.2, 0.25) is 0 Å². The van der Waals surface area contributed by atoms with Gasteiger partial charge in [-0.3, -0.25) is 0 Å². The van der Waals surface area contributed by atoms with Crippen molar-refractivity contribution in [2.45, 2.75) is 6.92 Å². The number of hydrogen-bond donors (Lipinski definition) is 0. The largest absolute Gasteiger partial charge is 0.341 e. The summed E-state index contributed by atoms with van der Waals surface area (Å²) in [5, 5.41) is 7.67. The SMILES string of the molecule is Cc1ccc2c(-c3ccc4ccccc4c3)c3ccccc3c(-c3ccc4c(c3)N(C)c3ccccc3N4C)c2c1. The number of nitrogens with zero attached hydrogens (tertiary/aromatic N) is 2. The van der Waals surface area contributed by atoms with Gasteiger partial charge in [-0.05, 0) is 91.8 Å². The van der Waals surface area contributed by atoms with E-state index < -0.39 is 0 Å². The predicted octanol–water partition coefficient (Wildman–Crippen LogP) is 10.6. The quantitative estimate of drug-likeness (QED) is 0.207. The Kier molecular flexibility index (Phi) is 5.20. The molecule has 7 aromatic rings. The molecule has 0 aliphatic carbocycles. The Morgan fingerprint density at radius 2 is 0.927 bits per heavy atom. The van der Waals surface area contributed by atoms with Gasteiger partial charge in [0, 0.05) is 14.1 Å². The Bertz CT molecular complexity index is 2160. The van der Waals surface area contributed by atoms with Crippen LogP contribution >= 0.6 is 0 Å². The molecule has 7 aromatic carbocycles. The van der Waals surface area contributed by atoms with Gasteiger partial charge in [0.2, 0.25) is 0 Å². The molecule has 8 rings (SSSR count). The van der Waals surface area contributed by atoms with E-state index in [1.165, 1.54) is 82.9 Å². The van der Waals surface area contributed by atoms with Crippen molar-refractivity contribution in [3.05, 3.63) is 133 Å². The highest BCUT2D eigenvalue weighted by molar-refractivity contribution is 6.22. The molecule has 0 fully saturated rings. The molecule has 0 amide bonds. The molecule has 0 N–H and O–H groups in total. The third-order valence-corrected chi connectivity index (χ3v) is 8.81. The summed E-state index contributed by atoms with van der Waals surface area (Å²) in [7, 11) is 4.34. The molecule has 0 saturated carbocycles. The Hall–Kier alpha value is -5.08. The summed E-state index contributed by atoms with van der Waals surface area (Å²) in [5.74, 6) is 0. The molecule has 41 heavy (non-hydrogen) atoms. The lowest BCUT2D eigenvalue weighted by Crippen LogP contribution is -2.24. The van der Waals surface area contributed by atoms with Crippen LogP contribution < -0.4 is 9.80 Å². The van der Waals surface area contributed by atoms with E-state index in [0.717, 1.165) is 0 Å². The van der Waals surface area contributed by atoms with Gasteiger partial charge in [0.15, 0.2) is 0 Å². The Morgan fingerprint density at radius 3 is 1.68 bits per heavy atom. The van der Waals surface area contributed by atoms with Crippen molar-refractivity contribution in [2.24, 2.45) is 0 Å². The van der Waals surface area contributed by atoms with Gasteiger partial charge in [0.25, 0.3) is 0 Å². The zero-order valence-corrected chi connectivity index (χ0v) is 23.5. The monoisotopic (exact) mass is 526 g/mol. The van der Waals surface area contributed by atoms with Gasteiger partial charge in [-0.15, -0.1) is 0 Å². The fourth-order valence-corrected chi connectivity index (χ4v) is 6.78. The minimum Gasteiger partial charge on any atom is -0.341 e. The summed E-state index contributed by atoms with van der Waals surface area (Å²) >= 11 is 0. The molecule has 196 valence electrons. The van der Waals surface area contributed by atoms with Crippen molar-refractivity contribution in [1.82, 2.24) is 0 Å². The van der Waals surface area contributed by atoms with E-state index >= 15 is 0 Å². The van der Waals surface area contributed by atoms with Gasteiger partial charge in [-0.1, -0.05) is 103 Å². The van der Waals surface area contributed by atoms with Crippen molar-refractivity contribution in [3.8, 4) is 22.3 Å². The summed E-state index contributed by atoms with van der Waals surface area (Å²) in [6.07, 6.45) is 0. The number of rotatable bonds is 2. The van der Waals surface area contributed by atoms with E-state index in [0.29, 0.717) is 0 Å². The second-order valence-electron chi connectivity index (χ2n) is 11.2. The van der Waals surface area contributed by atoms with Crippen LogP contribution in [0.15, 0.2) is 127 Å². The average Bonchev–Trinajstić information content (AvgIpc) is 3.02. The molecular weight excluding hydrogens is 496 g/mol. The van der Waals surface area contributed by atoms with E-state index in [2.05, 4.69) is 158 Å². The minimum absolute atomic E-state index is 1.21. The van der Waals surface area contributed by atoms with Crippen LogP contribution in [-0.2, 0) is 0 Å². The topological polar surface area (TPSA) is 6.48 Å². The van der Waals surface area contributed by atoms with Crippen molar-refractivity contribution in [3.63, 3.8) is 0 Å². The second kappa shape index (κ2) is 8.97. The minimum atomic E-state index is 1.21. The molecule has 0 bridgehead atoms. The van der Waals surface area contributed by atoms with E-state index in [1.54, 1.807) is 0 Å². The van der Waals surface area contributed by atoms with Crippen molar-refractivity contribution in [2.75, 3.05) is 23.9 Å². The molecular formula is C39H30N2. The zero-order chi connectivity index (χ0) is 27.7. The van der Waals surface area contributed by atoms with Crippen molar-refractivity contribution < 1.29 is 0 Å². The van der Waals surface area contributed by atoms with Crippen LogP contribution in [0.5, 0.6) is 0 Å². The maximum atomic E-state index is 2.38. The molecule has 0 saturated heterocycles. The molecule has 0 atom stereocenters. The average molecular weight is 527 g/mol. The van der Waals surface area contributed by atoms with Crippen LogP contribution in [0.1, 0.15) is 5.56 Å². The molecule has 1 heterocycles. The highest BCUT2D eigenvalue weighted by atomic mass is 15.2. The Morgan fingerprint density at radius 1 is 0.390 bits per heavy atom. The van der Waals surface area contributed by atoms with Gasteiger partial charge in [0.05, 0.1) is 22.7 Å². The first kappa shape index (κ1) is 23.8. The van der Waals surface area contributed by atoms with Gasteiger partial charge >= 0.3 is 0 Å². The number of fused-ring (bicyclic) bond motifs is 5. The predicted molar refractivity (Wildman–Crippen MR) is 177 cm³/mol. The van der Waals surface area contributed by atoms with Crippen LogP contribution in [0, 0.1) is 6.92 Å². The zero-order valence-electron chi connectivity index (χ0n) is 23.5. The summed E-state index contributed by atoms with van der Waals surface area (Å²) in [5.41, 5.74) is 11.2. The Balaban J connectivity index is 1.43. The first-order valence-corrected chi connectivity index (χ1v) is 14.2. The lowest BCUT2D eigenvalue weighted by atomic mass is 9.85. The third kappa shape index (κ3) is 3.57.